The van der Waals surface area contributed by atoms with E-state index in [9.17, 15) is 13.6 Å². The highest BCUT2D eigenvalue weighted by atomic mass is 19.1. The molecule has 0 unspecified atom stereocenters. The first-order valence-electron chi connectivity index (χ1n) is 8.52. The van der Waals surface area contributed by atoms with Crippen LogP contribution in [0.4, 0.5) is 13.6 Å². The van der Waals surface area contributed by atoms with Crippen molar-refractivity contribution in [3.63, 3.8) is 0 Å². The molecule has 0 radical (unpaired) electrons. The van der Waals surface area contributed by atoms with Gasteiger partial charge in [-0.15, -0.1) is 0 Å². The quantitative estimate of drug-likeness (QED) is 0.718. The third-order valence-corrected chi connectivity index (χ3v) is 4.31. The topological polar surface area (TPSA) is 59.0 Å². The SMILES string of the molecule is Cc1nn(-c2ccccc2)c(C)c1CNC(=O)NCc1cc(F)ccc1F. The fourth-order valence-electron chi connectivity index (χ4n) is 2.84. The molecular weight excluding hydrogens is 350 g/mol. The Morgan fingerprint density at radius 1 is 1.04 bits per heavy atom. The Labute approximate surface area is 156 Å². The molecule has 0 saturated carbocycles. The van der Waals surface area contributed by atoms with E-state index in [1.54, 1.807) is 0 Å². The first-order chi connectivity index (χ1) is 13.0. The number of hydrogen-bond donors (Lipinski definition) is 2. The van der Waals surface area contributed by atoms with Gasteiger partial charge in [0.1, 0.15) is 11.6 Å². The monoisotopic (exact) mass is 370 g/mol. The molecule has 1 heterocycles. The van der Waals surface area contributed by atoms with Crippen molar-refractivity contribution >= 4 is 6.03 Å². The van der Waals surface area contributed by atoms with Gasteiger partial charge >= 0.3 is 6.03 Å². The van der Waals surface area contributed by atoms with Crippen molar-refractivity contribution in [2.75, 3.05) is 0 Å². The summed E-state index contributed by atoms with van der Waals surface area (Å²) in [4.78, 5) is 12.0. The highest BCUT2D eigenvalue weighted by Crippen LogP contribution is 2.17. The van der Waals surface area contributed by atoms with Crippen molar-refractivity contribution in [1.29, 1.82) is 0 Å². The van der Waals surface area contributed by atoms with Crippen molar-refractivity contribution < 1.29 is 13.6 Å². The Kier molecular flexibility index (Phi) is 5.49. The lowest BCUT2D eigenvalue weighted by molar-refractivity contribution is 0.240. The third kappa shape index (κ3) is 4.31. The molecule has 27 heavy (non-hydrogen) atoms. The highest BCUT2D eigenvalue weighted by molar-refractivity contribution is 5.73. The summed E-state index contributed by atoms with van der Waals surface area (Å²) in [7, 11) is 0. The predicted octanol–water partition coefficient (Wildman–Crippen LogP) is 3.77. The number of carbonyl (C=O) groups excluding carboxylic acids is 1. The predicted molar refractivity (Wildman–Crippen MR) is 98.5 cm³/mol. The largest absolute Gasteiger partial charge is 0.334 e. The van der Waals surface area contributed by atoms with Crippen LogP contribution in [0.2, 0.25) is 0 Å². The second kappa shape index (κ2) is 7.99. The number of carbonyl (C=O) groups is 1. The fourth-order valence-corrected chi connectivity index (χ4v) is 2.84. The Morgan fingerprint density at radius 3 is 2.48 bits per heavy atom. The Morgan fingerprint density at radius 2 is 1.74 bits per heavy atom. The van der Waals surface area contributed by atoms with Gasteiger partial charge in [-0.1, -0.05) is 18.2 Å². The van der Waals surface area contributed by atoms with E-state index >= 15 is 0 Å². The van der Waals surface area contributed by atoms with Gasteiger partial charge in [-0.05, 0) is 44.2 Å². The van der Waals surface area contributed by atoms with Gasteiger partial charge in [0, 0.05) is 29.9 Å². The molecule has 2 N–H and O–H groups in total. The number of aromatic nitrogens is 2. The zero-order valence-corrected chi connectivity index (χ0v) is 15.1. The van der Waals surface area contributed by atoms with E-state index in [1.165, 1.54) is 0 Å². The first-order valence-corrected chi connectivity index (χ1v) is 8.52. The van der Waals surface area contributed by atoms with E-state index in [4.69, 9.17) is 0 Å². The van der Waals surface area contributed by atoms with Gasteiger partial charge in [0.05, 0.1) is 11.4 Å². The molecule has 3 rings (SSSR count). The molecule has 0 bridgehead atoms. The van der Waals surface area contributed by atoms with Crippen LogP contribution >= 0.6 is 0 Å². The van der Waals surface area contributed by atoms with E-state index in [2.05, 4.69) is 15.7 Å². The molecule has 0 fully saturated rings. The minimum absolute atomic E-state index is 0.0920. The van der Waals surface area contributed by atoms with Gasteiger partial charge in [0.2, 0.25) is 0 Å². The molecule has 0 saturated heterocycles. The van der Waals surface area contributed by atoms with Crippen molar-refractivity contribution in [3.8, 4) is 5.69 Å². The summed E-state index contributed by atoms with van der Waals surface area (Å²) in [6, 6.07) is 12.4. The molecule has 0 atom stereocenters. The molecule has 2 amide bonds. The molecule has 7 heteroatoms. The second-order valence-electron chi connectivity index (χ2n) is 6.17. The minimum atomic E-state index is -0.562. The van der Waals surface area contributed by atoms with Crippen LogP contribution < -0.4 is 10.6 Å². The van der Waals surface area contributed by atoms with Gasteiger partial charge in [-0.2, -0.15) is 5.10 Å². The van der Waals surface area contributed by atoms with Crippen LogP contribution in [0.25, 0.3) is 5.69 Å². The summed E-state index contributed by atoms with van der Waals surface area (Å²) in [5.41, 5.74) is 3.68. The maximum absolute atomic E-state index is 13.6. The van der Waals surface area contributed by atoms with Gasteiger partial charge in [-0.25, -0.2) is 18.3 Å². The van der Waals surface area contributed by atoms with Crippen LogP contribution in [0.3, 0.4) is 0 Å². The average molecular weight is 370 g/mol. The normalized spacial score (nSPS) is 10.7. The van der Waals surface area contributed by atoms with Crippen LogP contribution in [0.5, 0.6) is 0 Å². The second-order valence-corrected chi connectivity index (χ2v) is 6.17. The Bertz CT molecular complexity index is 954. The molecule has 5 nitrogen and oxygen atoms in total. The molecule has 2 aromatic carbocycles. The third-order valence-electron chi connectivity index (χ3n) is 4.31. The highest BCUT2D eigenvalue weighted by Gasteiger charge is 2.14. The lowest BCUT2D eigenvalue weighted by Crippen LogP contribution is -2.35. The van der Waals surface area contributed by atoms with E-state index in [-0.39, 0.29) is 18.7 Å². The average Bonchev–Trinajstić information content (AvgIpc) is 2.95. The molecule has 0 aliphatic rings. The Hall–Kier alpha value is -3.22. The van der Waals surface area contributed by atoms with Crippen LogP contribution in [0, 0.1) is 25.5 Å². The number of halogens is 2. The van der Waals surface area contributed by atoms with E-state index in [0.717, 1.165) is 40.8 Å². The zero-order valence-electron chi connectivity index (χ0n) is 15.1. The summed E-state index contributed by atoms with van der Waals surface area (Å²) in [6.07, 6.45) is 0. The number of para-hydroxylation sites is 1. The number of urea groups is 1. The Balaban J connectivity index is 1.62. The van der Waals surface area contributed by atoms with Gasteiger partial charge in [0.25, 0.3) is 0 Å². The summed E-state index contributed by atoms with van der Waals surface area (Å²) in [5.74, 6) is -1.11. The van der Waals surface area contributed by atoms with Crippen molar-refractivity contribution in [2.24, 2.45) is 0 Å². The summed E-state index contributed by atoms with van der Waals surface area (Å²) >= 11 is 0. The molecule has 1 aromatic heterocycles. The number of amides is 2. The fraction of sp³-hybridized carbons (Fsp3) is 0.200. The summed E-state index contributed by atoms with van der Waals surface area (Å²) < 4.78 is 28.6. The van der Waals surface area contributed by atoms with Crippen LogP contribution in [0.1, 0.15) is 22.5 Å². The maximum Gasteiger partial charge on any atom is 0.315 e. The van der Waals surface area contributed by atoms with Crippen LogP contribution in [0.15, 0.2) is 48.5 Å². The van der Waals surface area contributed by atoms with Gasteiger partial charge < -0.3 is 10.6 Å². The first kappa shape index (κ1) is 18.6. The molecular formula is C20H20F2N4O. The van der Waals surface area contributed by atoms with Crippen molar-refractivity contribution in [3.05, 3.63) is 82.7 Å². The van der Waals surface area contributed by atoms with E-state index < -0.39 is 17.7 Å². The van der Waals surface area contributed by atoms with E-state index in [1.807, 2.05) is 48.9 Å². The lowest BCUT2D eigenvalue weighted by atomic mass is 10.2. The number of benzene rings is 2. The lowest BCUT2D eigenvalue weighted by Gasteiger charge is -2.09. The maximum atomic E-state index is 13.6. The standard InChI is InChI=1S/C20H20F2N4O/c1-13-18(14(2)26(25-13)17-6-4-3-5-7-17)12-24-20(27)23-11-15-10-16(21)8-9-19(15)22/h3-10H,11-12H2,1-2H3,(H2,23,24,27). The minimum Gasteiger partial charge on any atom is -0.334 e. The molecule has 0 aliphatic heterocycles. The van der Waals surface area contributed by atoms with E-state index in [0.29, 0.717) is 0 Å². The zero-order chi connectivity index (χ0) is 19.4. The van der Waals surface area contributed by atoms with Crippen molar-refractivity contribution in [2.45, 2.75) is 26.9 Å². The summed E-state index contributed by atoms with van der Waals surface area (Å²) in [6.45, 7) is 3.99. The number of hydrogen-bond acceptors (Lipinski definition) is 2. The molecule has 0 spiro atoms. The number of nitrogens with zero attached hydrogens (tertiary/aromatic N) is 2. The number of rotatable bonds is 5. The van der Waals surface area contributed by atoms with Crippen LogP contribution in [-0.4, -0.2) is 15.8 Å². The van der Waals surface area contributed by atoms with Crippen molar-refractivity contribution in [1.82, 2.24) is 20.4 Å². The molecule has 3 aromatic rings. The smallest absolute Gasteiger partial charge is 0.315 e. The molecule has 140 valence electrons. The molecule has 0 aliphatic carbocycles. The van der Waals surface area contributed by atoms with Gasteiger partial charge in [0.15, 0.2) is 0 Å². The summed E-state index contributed by atoms with van der Waals surface area (Å²) in [5, 5.41) is 9.79. The number of nitrogens with one attached hydrogen (secondary N) is 2. The van der Waals surface area contributed by atoms with Crippen LogP contribution in [-0.2, 0) is 13.1 Å². The number of aryl methyl sites for hydroxylation is 1. The van der Waals surface area contributed by atoms with Gasteiger partial charge in [-0.3, -0.25) is 0 Å².